The van der Waals surface area contributed by atoms with Gasteiger partial charge < -0.3 is 0 Å². The molecule has 3 atom stereocenters. The molecule has 0 saturated heterocycles. The van der Waals surface area contributed by atoms with Crippen LogP contribution in [0.4, 0.5) is 4.39 Å². The third-order valence-corrected chi connectivity index (χ3v) is 8.21. The zero-order valence-electron chi connectivity index (χ0n) is 19.7. The topological polar surface area (TPSA) is 12.9 Å². The van der Waals surface area contributed by atoms with Crippen LogP contribution in [0.3, 0.4) is 0 Å². The first-order valence-corrected chi connectivity index (χ1v) is 11.7. The Morgan fingerprint density at radius 3 is 2.57 bits per heavy atom. The van der Waals surface area contributed by atoms with Crippen LogP contribution in [0, 0.1) is 22.7 Å². The second-order valence-electron chi connectivity index (χ2n) is 10.0. The quantitative estimate of drug-likeness (QED) is 0.522. The minimum absolute atomic E-state index is 0.00671. The third kappa shape index (κ3) is 2.82. The van der Waals surface area contributed by atoms with Gasteiger partial charge in [-0.25, -0.2) is 4.39 Å². The van der Waals surface area contributed by atoms with Crippen molar-refractivity contribution in [3.05, 3.63) is 57.5 Å². The highest BCUT2D eigenvalue weighted by Gasteiger charge is 2.59. The molecule has 0 bridgehead atoms. The van der Waals surface area contributed by atoms with E-state index in [0.29, 0.717) is 11.8 Å². The molecule has 0 amide bonds. The van der Waals surface area contributed by atoms with Crippen LogP contribution in [0.1, 0.15) is 79.8 Å². The van der Waals surface area contributed by atoms with Crippen molar-refractivity contribution >= 4 is 17.2 Å². The summed E-state index contributed by atoms with van der Waals surface area (Å²) in [5.74, 6) is 0.977. The smallest absolute Gasteiger partial charge is 0.126 e. The monoisotopic (exact) mass is 405 g/mol. The Morgan fingerprint density at radius 2 is 1.97 bits per heavy atom. The molecule has 0 N–H and O–H groups in total. The van der Waals surface area contributed by atoms with Gasteiger partial charge in [0.15, 0.2) is 0 Å². The molecular formula is C28H36FN. The maximum Gasteiger partial charge on any atom is 0.126 e. The lowest BCUT2D eigenvalue weighted by atomic mass is 9.61. The Hall–Kier alpha value is -1.96. The maximum absolute atomic E-state index is 15.8. The van der Waals surface area contributed by atoms with E-state index in [9.17, 15) is 0 Å². The standard InChI is InChI=1S/C28H36FN/c1-8-11-13-28(16-20(28)10-3)21-15-17(4)25(29)24-23(21)26-22(18(5)27(24,6)7)19(9-2)12-14-30-26/h9,11-14,20-21H,8,10,15-16H2,1-7H3/b13-11?,19-9-. The summed E-state index contributed by atoms with van der Waals surface area (Å²) in [5, 5.41) is 2.44. The predicted molar refractivity (Wildman–Crippen MR) is 126 cm³/mol. The highest BCUT2D eigenvalue weighted by Crippen LogP contribution is 2.67. The van der Waals surface area contributed by atoms with Crippen LogP contribution in [-0.4, -0.2) is 4.98 Å². The minimum atomic E-state index is -0.348. The summed E-state index contributed by atoms with van der Waals surface area (Å²) in [6.07, 6.45) is 13.1. The van der Waals surface area contributed by atoms with Crippen molar-refractivity contribution in [2.45, 2.75) is 74.1 Å². The van der Waals surface area contributed by atoms with E-state index in [1.165, 1.54) is 34.4 Å². The number of hydrogen-bond acceptors (Lipinski definition) is 1. The zero-order chi connectivity index (χ0) is 21.8. The second-order valence-corrected chi connectivity index (χ2v) is 10.0. The van der Waals surface area contributed by atoms with E-state index >= 15 is 4.39 Å². The van der Waals surface area contributed by atoms with E-state index in [-0.39, 0.29) is 16.7 Å². The van der Waals surface area contributed by atoms with Crippen molar-refractivity contribution < 1.29 is 4.39 Å². The first-order chi connectivity index (χ1) is 14.2. The molecule has 160 valence electrons. The number of fused-ring (bicyclic) bond motifs is 2. The molecule has 3 aliphatic rings. The van der Waals surface area contributed by atoms with Crippen molar-refractivity contribution in [2.75, 3.05) is 0 Å². The van der Waals surface area contributed by atoms with Crippen molar-refractivity contribution in [1.29, 1.82) is 0 Å². The Bertz CT molecular complexity index is 1100. The van der Waals surface area contributed by atoms with Gasteiger partial charge in [0.2, 0.25) is 0 Å². The van der Waals surface area contributed by atoms with E-state index < -0.39 is 0 Å². The average molecular weight is 406 g/mol. The second kappa shape index (κ2) is 7.32. The third-order valence-electron chi connectivity index (χ3n) is 8.21. The molecule has 1 saturated carbocycles. The summed E-state index contributed by atoms with van der Waals surface area (Å²) in [4.78, 5) is 4.90. The number of nitrogens with zero attached hydrogens (tertiary/aromatic N) is 1. The Balaban J connectivity index is 2.08. The number of pyridine rings is 1. The van der Waals surface area contributed by atoms with E-state index in [1.54, 1.807) is 0 Å². The Labute approximate surface area is 181 Å². The molecular weight excluding hydrogens is 369 g/mol. The van der Waals surface area contributed by atoms with Gasteiger partial charge in [0, 0.05) is 22.4 Å². The van der Waals surface area contributed by atoms with Gasteiger partial charge in [0.25, 0.3) is 0 Å². The number of rotatable bonds is 4. The molecule has 0 aliphatic heterocycles. The molecule has 0 spiro atoms. The molecule has 0 aromatic carbocycles. The summed E-state index contributed by atoms with van der Waals surface area (Å²) in [6.45, 7) is 15.1. The summed E-state index contributed by atoms with van der Waals surface area (Å²) in [7, 11) is 0. The average Bonchev–Trinajstić information content (AvgIpc) is 3.46. The van der Waals surface area contributed by atoms with Gasteiger partial charge >= 0.3 is 0 Å². The van der Waals surface area contributed by atoms with Gasteiger partial charge in [-0.05, 0) is 79.7 Å². The van der Waals surface area contributed by atoms with Crippen LogP contribution in [0.15, 0.2) is 41.4 Å². The van der Waals surface area contributed by atoms with Gasteiger partial charge in [0.1, 0.15) is 5.83 Å². The zero-order valence-corrected chi connectivity index (χ0v) is 19.7. The van der Waals surface area contributed by atoms with Crippen molar-refractivity contribution in [3.8, 4) is 0 Å². The van der Waals surface area contributed by atoms with Crippen molar-refractivity contribution in [3.63, 3.8) is 0 Å². The van der Waals surface area contributed by atoms with Gasteiger partial charge in [-0.3, -0.25) is 4.98 Å². The van der Waals surface area contributed by atoms with Crippen LogP contribution in [0.5, 0.6) is 0 Å². The molecule has 1 aromatic rings. The van der Waals surface area contributed by atoms with Crippen LogP contribution in [0.25, 0.3) is 17.2 Å². The van der Waals surface area contributed by atoms with Gasteiger partial charge in [0.05, 0.1) is 5.69 Å². The summed E-state index contributed by atoms with van der Waals surface area (Å²) >= 11 is 0. The van der Waals surface area contributed by atoms with E-state index in [4.69, 9.17) is 4.98 Å². The molecule has 0 radical (unpaired) electrons. The lowest BCUT2D eigenvalue weighted by molar-refractivity contribution is 0.392. The van der Waals surface area contributed by atoms with Crippen molar-refractivity contribution in [2.24, 2.45) is 22.7 Å². The number of hydrogen-bond donors (Lipinski definition) is 0. The van der Waals surface area contributed by atoms with Crippen LogP contribution >= 0.6 is 0 Å². The molecule has 2 heteroatoms. The largest absolute Gasteiger partial charge is 0.256 e. The Morgan fingerprint density at radius 1 is 1.23 bits per heavy atom. The van der Waals surface area contributed by atoms with E-state index in [0.717, 1.165) is 29.7 Å². The first kappa shape index (κ1) is 21.3. The number of aromatic nitrogens is 1. The predicted octanol–water partition coefficient (Wildman–Crippen LogP) is 6.49. The highest BCUT2D eigenvalue weighted by molar-refractivity contribution is 5.84. The SMILES string of the molecule is C/C=c1/ccnc2c1=C(C)C(C)(C)C1=C2C(C2(C=CCC)CC2CC)CC(C)=C1F. The molecule has 1 nitrogen and oxygen atoms in total. The fraction of sp³-hybridized carbons (Fsp3) is 0.536. The van der Waals surface area contributed by atoms with Crippen molar-refractivity contribution in [1.82, 2.24) is 4.98 Å². The molecule has 1 aromatic heterocycles. The highest BCUT2D eigenvalue weighted by atomic mass is 19.1. The lowest BCUT2D eigenvalue weighted by Crippen LogP contribution is -2.42. The van der Waals surface area contributed by atoms with E-state index in [1.807, 2.05) is 13.1 Å². The minimum Gasteiger partial charge on any atom is -0.256 e. The van der Waals surface area contributed by atoms with E-state index in [2.05, 4.69) is 65.8 Å². The molecule has 1 fully saturated rings. The maximum atomic E-state index is 15.8. The van der Waals surface area contributed by atoms with Crippen LogP contribution in [0.2, 0.25) is 0 Å². The molecule has 4 rings (SSSR count). The van der Waals surface area contributed by atoms with Gasteiger partial charge in [-0.15, -0.1) is 0 Å². The normalized spacial score (nSPS) is 30.8. The van der Waals surface area contributed by atoms with Crippen LogP contribution in [-0.2, 0) is 0 Å². The fourth-order valence-corrected chi connectivity index (χ4v) is 6.15. The summed E-state index contributed by atoms with van der Waals surface area (Å²) in [6, 6.07) is 2.10. The first-order valence-electron chi connectivity index (χ1n) is 11.7. The number of halogens is 1. The molecule has 1 heterocycles. The van der Waals surface area contributed by atoms with Gasteiger partial charge in [-0.2, -0.15) is 0 Å². The van der Waals surface area contributed by atoms with Crippen LogP contribution < -0.4 is 10.4 Å². The lowest BCUT2D eigenvalue weighted by Gasteiger charge is -2.43. The fourth-order valence-electron chi connectivity index (χ4n) is 6.15. The molecule has 30 heavy (non-hydrogen) atoms. The summed E-state index contributed by atoms with van der Waals surface area (Å²) < 4.78 is 15.8. The Kier molecular flexibility index (Phi) is 5.19. The van der Waals surface area contributed by atoms with Gasteiger partial charge in [-0.1, -0.05) is 57.9 Å². The molecule has 3 aliphatic carbocycles. The number of allylic oxidation sites excluding steroid dienone is 6. The molecule has 3 unspecified atom stereocenters. The summed E-state index contributed by atoms with van der Waals surface area (Å²) in [5.41, 5.74) is 5.03.